The largest absolute Gasteiger partial charge is 0.393 e. The van der Waals surface area contributed by atoms with Crippen LogP contribution >= 0.6 is 0 Å². The van der Waals surface area contributed by atoms with Gasteiger partial charge in [0.2, 0.25) is 0 Å². The summed E-state index contributed by atoms with van der Waals surface area (Å²) in [6, 6.07) is 0.322. The molecule has 2 aliphatic rings. The van der Waals surface area contributed by atoms with Gasteiger partial charge in [-0.1, -0.05) is 19.8 Å². The molecule has 1 N–H and O–H groups in total. The van der Waals surface area contributed by atoms with E-state index >= 15 is 0 Å². The van der Waals surface area contributed by atoms with Crippen molar-refractivity contribution in [3.05, 3.63) is 0 Å². The van der Waals surface area contributed by atoms with E-state index in [0.29, 0.717) is 31.8 Å². The number of hydrogen-bond acceptors (Lipinski definition) is 2. The Hall–Kier alpha value is -0.290. The van der Waals surface area contributed by atoms with E-state index in [1.807, 2.05) is 0 Å². The van der Waals surface area contributed by atoms with E-state index in [2.05, 4.69) is 17.1 Å². The van der Waals surface area contributed by atoms with E-state index in [-0.39, 0.29) is 6.04 Å². The third kappa shape index (κ3) is 4.35. The second-order valence-corrected chi connectivity index (χ2v) is 5.85. The second-order valence-electron chi connectivity index (χ2n) is 5.85. The summed E-state index contributed by atoms with van der Waals surface area (Å²) in [5.74, 6) is -1.14. The zero-order chi connectivity index (χ0) is 13.9. The molecule has 112 valence electrons. The standard InChI is InChI=1S/C14H25F3N2/c1-2-19(11-7-8-11)10-9-18-13-6-4-3-5-12(13)14(15,16)17/h11-13,18H,2-10H2,1H3. The number of halogens is 3. The maximum Gasteiger partial charge on any atom is 0.393 e. The Balaban J connectivity index is 1.76. The van der Waals surface area contributed by atoms with Gasteiger partial charge in [0.1, 0.15) is 0 Å². The van der Waals surface area contributed by atoms with Crippen molar-refractivity contribution in [3.8, 4) is 0 Å². The van der Waals surface area contributed by atoms with Crippen molar-refractivity contribution in [2.24, 2.45) is 5.92 Å². The molecule has 0 aromatic carbocycles. The van der Waals surface area contributed by atoms with Gasteiger partial charge < -0.3 is 5.32 Å². The van der Waals surface area contributed by atoms with Crippen LogP contribution in [0.1, 0.15) is 45.4 Å². The van der Waals surface area contributed by atoms with Crippen molar-refractivity contribution in [1.82, 2.24) is 10.2 Å². The van der Waals surface area contributed by atoms with E-state index in [1.165, 1.54) is 12.8 Å². The van der Waals surface area contributed by atoms with Crippen LogP contribution in [0.15, 0.2) is 0 Å². The van der Waals surface area contributed by atoms with Crippen LogP contribution in [0, 0.1) is 5.92 Å². The lowest BCUT2D eigenvalue weighted by molar-refractivity contribution is -0.188. The smallest absolute Gasteiger partial charge is 0.312 e. The molecule has 0 aliphatic heterocycles. The Bertz CT molecular complexity index is 276. The fraction of sp³-hybridized carbons (Fsp3) is 1.00. The van der Waals surface area contributed by atoms with E-state index < -0.39 is 12.1 Å². The molecule has 0 saturated heterocycles. The Labute approximate surface area is 113 Å². The molecule has 2 nitrogen and oxygen atoms in total. The molecule has 0 aromatic rings. The fourth-order valence-electron chi connectivity index (χ4n) is 3.20. The average molecular weight is 278 g/mol. The topological polar surface area (TPSA) is 15.3 Å². The first-order valence-corrected chi connectivity index (χ1v) is 7.56. The molecular weight excluding hydrogens is 253 g/mol. The van der Waals surface area contributed by atoms with Crippen molar-refractivity contribution in [2.45, 2.75) is 63.7 Å². The number of nitrogens with zero attached hydrogens (tertiary/aromatic N) is 1. The van der Waals surface area contributed by atoms with E-state index in [0.717, 1.165) is 19.5 Å². The highest BCUT2D eigenvalue weighted by atomic mass is 19.4. The third-order valence-electron chi connectivity index (χ3n) is 4.46. The fourth-order valence-corrected chi connectivity index (χ4v) is 3.20. The van der Waals surface area contributed by atoms with Gasteiger partial charge in [-0.2, -0.15) is 13.2 Å². The third-order valence-corrected chi connectivity index (χ3v) is 4.46. The predicted octanol–water partition coefficient (Wildman–Crippen LogP) is 3.18. The molecule has 2 unspecified atom stereocenters. The Morgan fingerprint density at radius 2 is 1.79 bits per heavy atom. The van der Waals surface area contributed by atoms with Gasteiger partial charge in [-0.3, -0.25) is 4.90 Å². The van der Waals surface area contributed by atoms with Gasteiger partial charge in [-0.25, -0.2) is 0 Å². The van der Waals surface area contributed by atoms with Gasteiger partial charge in [0.05, 0.1) is 5.92 Å². The van der Waals surface area contributed by atoms with Gasteiger partial charge in [-0.15, -0.1) is 0 Å². The first kappa shape index (κ1) is 15.1. The maximum atomic E-state index is 12.9. The van der Waals surface area contributed by atoms with Gasteiger partial charge in [0, 0.05) is 25.2 Å². The summed E-state index contributed by atoms with van der Waals surface area (Å²) in [5, 5.41) is 3.16. The van der Waals surface area contributed by atoms with Crippen LogP contribution in [0.4, 0.5) is 13.2 Å². The summed E-state index contributed by atoms with van der Waals surface area (Å²) in [4.78, 5) is 2.37. The lowest BCUT2D eigenvalue weighted by atomic mass is 9.84. The molecule has 2 aliphatic carbocycles. The molecule has 19 heavy (non-hydrogen) atoms. The van der Waals surface area contributed by atoms with Crippen molar-refractivity contribution in [1.29, 1.82) is 0 Å². The van der Waals surface area contributed by atoms with Crippen LogP contribution in [0.5, 0.6) is 0 Å². The molecule has 2 saturated carbocycles. The zero-order valence-corrected chi connectivity index (χ0v) is 11.7. The van der Waals surface area contributed by atoms with Crippen LogP contribution in [-0.4, -0.2) is 42.8 Å². The number of alkyl halides is 3. The van der Waals surface area contributed by atoms with Gasteiger partial charge in [0.25, 0.3) is 0 Å². The lowest BCUT2D eigenvalue weighted by Crippen LogP contribution is -2.47. The Morgan fingerprint density at radius 3 is 2.37 bits per heavy atom. The normalized spacial score (nSPS) is 28.9. The molecule has 2 atom stereocenters. The molecule has 0 spiro atoms. The quantitative estimate of drug-likeness (QED) is 0.803. The minimum Gasteiger partial charge on any atom is -0.312 e. The highest BCUT2D eigenvalue weighted by Crippen LogP contribution is 2.37. The summed E-state index contributed by atoms with van der Waals surface area (Å²) in [5.41, 5.74) is 0. The van der Waals surface area contributed by atoms with Crippen molar-refractivity contribution in [2.75, 3.05) is 19.6 Å². The van der Waals surface area contributed by atoms with Crippen molar-refractivity contribution >= 4 is 0 Å². The minimum absolute atomic E-state index is 0.293. The first-order chi connectivity index (χ1) is 9.02. The van der Waals surface area contributed by atoms with Crippen molar-refractivity contribution in [3.63, 3.8) is 0 Å². The average Bonchev–Trinajstić information content (AvgIpc) is 3.18. The molecule has 5 heteroatoms. The lowest BCUT2D eigenvalue weighted by Gasteiger charge is -2.34. The van der Waals surface area contributed by atoms with Crippen LogP contribution in [-0.2, 0) is 0 Å². The number of hydrogen-bond donors (Lipinski definition) is 1. The monoisotopic (exact) mass is 278 g/mol. The van der Waals surface area contributed by atoms with E-state index in [4.69, 9.17) is 0 Å². The van der Waals surface area contributed by atoms with Crippen molar-refractivity contribution < 1.29 is 13.2 Å². The molecule has 0 bridgehead atoms. The summed E-state index contributed by atoms with van der Waals surface area (Å²) in [6.07, 6.45) is 1.06. The van der Waals surface area contributed by atoms with E-state index in [9.17, 15) is 13.2 Å². The molecule has 0 amide bonds. The summed E-state index contributed by atoms with van der Waals surface area (Å²) >= 11 is 0. The highest BCUT2D eigenvalue weighted by Gasteiger charge is 2.45. The Morgan fingerprint density at radius 1 is 1.11 bits per heavy atom. The maximum absolute atomic E-state index is 12.9. The molecule has 0 heterocycles. The number of nitrogens with one attached hydrogen (secondary N) is 1. The van der Waals surface area contributed by atoms with Crippen LogP contribution in [0.25, 0.3) is 0 Å². The second kappa shape index (κ2) is 6.44. The first-order valence-electron chi connectivity index (χ1n) is 7.56. The summed E-state index contributed by atoms with van der Waals surface area (Å²) < 4.78 is 38.8. The van der Waals surface area contributed by atoms with Crippen LogP contribution in [0.3, 0.4) is 0 Å². The summed E-state index contributed by atoms with van der Waals surface area (Å²) in [7, 11) is 0. The van der Waals surface area contributed by atoms with Crippen LogP contribution < -0.4 is 5.32 Å². The molecular formula is C14H25F3N2. The number of likely N-dealkylation sites (N-methyl/N-ethyl adjacent to an activating group) is 1. The van der Waals surface area contributed by atoms with Crippen LogP contribution in [0.2, 0.25) is 0 Å². The van der Waals surface area contributed by atoms with E-state index in [1.54, 1.807) is 0 Å². The van der Waals surface area contributed by atoms with Gasteiger partial charge >= 0.3 is 6.18 Å². The highest BCUT2D eigenvalue weighted by molar-refractivity contribution is 4.87. The molecule has 0 aromatic heterocycles. The Kier molecular flexibility index (Phi) is 5.12. The predicted molar refractivity (Wildman–Crippen MR) is 70.1 cm³/mol. The molecule has 0 radical (unpaired) electrons. The molecule has 2 fully saturated rings. The zero-order valence-electron chi connectivity index (χ0n) is 11.7. The molecule has 2 rings (SSSR count). The van der Waals surface area contributed by atoms with Gasteiger partial charge in [0.15, 0.2) is 0 Å². The minimum atomic E-state index is -4.04. The number of rotatable bonds is 6. The van der Waals surface area contributed by atoms with Gasteiger partial charge in [-0.05, 0) is 32.2 Å². The SMILES string of the molecule is CCN(CCNC1CCCCC1C(F)(F)F)C1CC1. The summed E-state index contributed by atoms with van der Waals surface area (Å²) in [6.45, 7) is 4.68.